The highest BCUT2D eigenvalue weighted by Gasteiger charge is 2.28. The first-order valence-corrected chi connectivity index (χ1v) is 13.0. The number of halogens is 1. The van der Waals surface area contributed by atoms with Crippen LogP contribution in [0.25, 0.3) is 10.9 Å². The molecule has 2 heterocycles. The number of nitrogens with zero attached hydrogens (tertiary/aromatic N) is 1. The molecule has 1 saturated heterocycles. The molecular weight excluding hydrogens is 542 g/mol. The fourth-order valence-electron chi connectivity index (χ4n) is 4.20. The number of para-hydroxylation sites is 1. The van der Waals surface area contributed by atoms with E-state index in [4.69, 9.17) is 25.8 Å². The van der Waals surface area contributed by atoms with E-state index in [1.54, 1.807) is 24.3 Å². The molecule has 1 aromatic heterocycles. The second-order valence-electron chi connectivity index (χ2n) is 9.09. The Morgan fingerprint density at radius 1 is 1.02 bits per heavy atom. The minimum Gasteiger partial charge on any atom is -0.464 e. The molecular formula is C28H28ClN3O8. The average molecular weight is 570 g/mol. The van der Waals surface area contributed by atoms with Crippen LogP contribution in [-0.4, -0.2) is 79.2 Å². The van der Waals surface area contributed by atoms with E-state index in [0.717, 1.165) is 13.1 Å². The van der Waals surface area contributed by atoms with Crippen LogP contribution in [0.2, 0.25) is 5.02 Å². The largest absolute Gasteiger partial charge is 0.464 e. The molecule has 3 aromatic rings. The molecule has 1 aliphatic rings. The quantitative estimate of drug-likeness (QED) is 0.276. The number of amides is 1. The van der Waals surface area contributed by atoms with Gasteiger partial charge in [-0.05, 0) is 35.9 Å². The Morgan fingerprint density at radius 2 is 1.75 bits per heavy atom. The summed E-state index contributed by atoms with van der Waals surface area (Å²) in [7, 11) is 0. The van der Waals surface area contributed by atoms with Gasteiger partial charge >= 0.3 is 17.9 Å². The van der Waals surface area contributed by atoms with E-state index < -0.39 is 41.8 Å². The summed E-state index contributed by atoms with van der Waals surface area (Å²) >= 11 is 5.90. The molecule has 2 N–H and O–H groups in total. The van der Waals surface area contributed by atoms with E-state index in [2.05, 4.69) is 15.2 Å². The monoisotopic (exact) mass is 569 g/mol. The summed E-state index contributed by atoms with van der Waals surface area (Å²) in [6, 6.07) is 12.9. The lowest BCUT2D eigenvalue weighted by Gasteiger charge is -2.26. The number of ether oxygens (including phenoxy) is 3. The molecule has 0 bridgehead atoms. The zero-order valence-electron chi connectivity index (χ0n) is 21.5. The average Bonchev–Trinajstić information content (AvgIpc) is 2.93. The van der Waals surface area contributed by atoms with Crippen molar-refractivity contribution in [1.82, 2.24) is 15.2 Å². The van der Waals surface area contributed by atoms with Crippen LogP contribution in [0.4, 0.5) is 0 Å². The van der Waals surface area contributed by atoms with Crippen LogP contribution in [0.3, 0.4) is 0 Å². The van der Waals surface area contributed by atoms with Crippen LogP contribution in [0, 0.1) is 0 Å². The number of rotatable bonds is 10. The summed E-state index contributed by atoms with van der Waals surface area (Å²) in [5.41, 5.74) is 0.804. The molecule has 1 aliphatic heterocycles. The van der Waals surface area contributed by atoms with Gasteiger partial charge in [-0.3, -0.25) is 24.1 Å². The van der Waals surface area contributed by atoms with Crippen LogP contribution in [0.5, 0.6) is 0 Å². The number of fused-ring (bicyclic) bond motifs is 1. The van der Waals surface area contributed by atoms with Crippen molar-refractivity contribution in [2.24, 2.45) is 0 Å². The molecule has 210 valence electrons. The Hall–Kier alpha value is -4.06. The van der Waals surface area contributed by atoms with E-state index in [-0.39, 0.29) is 18.6 Å². The summed E-state index contributed by atoms with van der Waals surface area (Å²) in [5, 5.41) is 3.63. The maximum Gasteiger partial charge on any atom is 0.336 e. The Morgan fingerprint density at radius 3 is 2.50 bits per heavy atom. The number of carbonyl (C=O) groups excluding carboxylic acids is 4. The van der Waals surface area contributed by atoms with Gasteiger partial charge in [-0.2, -0.15) is 0 Å². The van der Waals surface area contributed by atoms with Gasteiger partial charge in [0.2, 0.25) is 5.56 Å². The normalized spacial score (nSPS) is 14.3. The van der Waals surface area contributed by atoms with Crippen molar-refractivity contribution in [3.8, 4) is 0 Å². The van der Waals surface area contributed by atoms with Crippen molar-refractivity contribution >= 4 is 46.3 Å². The molecule has 0 radical (unpaired) electrons. The van der Waals surface area contributed by atoms with Crippen LogP contribution in [-0.2, 0) is 35.0 Å². The minimum atomic E-state index is -1.35. The molecule has 0 aliphatic carbocycles. The van der Waals surface area contributed by atoms with Gasteiger partial charge in [-0.15, -0.1) is 0 Å². The van der Waals surface area contributed by atoms with Crippen LogP contribution in [0.1, 0.15) is 22.3 Å². The predicted molar refractivity (Wildman–Crippen MR) is 145 cm³/mol. The second kappa shape index (κ2) is 13.8. The van der Waals surface area contributed by atoms with Gasteiger partial charge in [0.05, 0.1) is 13.2 Å². The molecule has 1 unspecified atom stereocenters. The molecule has 4 rings (SSSR count). The summed E-state index contributed by atoms with van der Waals surface area (Å²) in [5.74, 6) is -3.67. The molecule has 1 atom stereocenters. The summed E-state index contributed by atoms with van der Waals surface area (Å²) in [6.07, 6.45) is -0.930. The number of hydrogen-bond acceptors (Lipinski definition) is 9. The third-order valence-corrected chi connectivity index (χ3v) is 6.49. The van der Waals surface area contributed by atoms with Gasteiger partial charge in [0, 0.05) is 53.6 Å². The lowest BCUT2D eigenvalue weighted by atomic mass is 10.0. The van der Waals surface area contributed by atoms with Gasteiger partial charge in [-0.1, -0.05) is 29.8 Å². The zero-order chi connectivity index (χ0) is 28.5. The summed E-state index contributed by atoms with van der Waals surface area (Å²) in [4.78, 5) is 67.5. The number of H-pyrrole nitrogens is 1. The molecule has 1 amide bonds. The number of aromatic amines is 1. The topological polar surface area (TPSA) is 144 Å². The Kier molecular flexibility index (Phi) is 10.0. The minimum absolute atomic E-state index is 0.0788. The van der Waals surface area contributed by atoms with Crippen molar-refractivity contribution in [3.05, 3.63) is 81.1 Å². The van der Waals surface area contributed by atoms with E-state index >= 15 is 0 Å². The highest BCUT2D eigenvalue weighted by molar-refractivity contribution is 6.30. The van der Waals surface area contributed by atoms with Crippen molar-refractivity contribution in [1.29, 1.82) is 0 Å². The van der Waals surface area contributed by atoms with Crippen molar-refractivity contribution in [2.45, 2.75) is 18.9 Å². The zero-order valence-corrected chi connectivity index (χ0v) is 22.3. The van der Waals surface area contributed by atoms with Crippen molar-refractivity contribution in [2.75, 3.05) is 39.5 Å². The smallest absolute Gasteiger partial charge is 0.336 e. The predicted octanol–water partition coefficient (Wildman–Crippen LogP) is 1.86. The van der Waals surface area contributed by atoms with E-state index in [1.807, 2.05) is 0 Å². The molecule has 40 heavy (non-hydrogen) atoms. The Labute approximate surface area is 234 Å². The molecule has 11 nitrogen and oxygen atoms in total. The third kappa shape index (κ3) is 8.22. The van der Waals surface area contributed by atoms with Crippen molar-refractivity contribution in [3.63, 3.8) is 0 Å². The van der Waals surface area contributed by atoms with Gasteiger partial charge in [0.25, 0.3) is 5.91 Å². The van der Waals surface area contributed by atoms with Gasteiger partial charge in [-0.25, -0.2) is 4.79 Å². The number of hydrogen-bond donors (Lipinski definition) is 2. The summed E-state index contributed by atoms with van der Waals surface area (Å²) < 4.78 is 15.3. The molecule has 12 heteroatoms. The first kappa shape index (κ1) is 28.9. The van der Waals surface area contributed by atoms with Gasteiger partial charge < -0.3 is 24.5 Å². The number of morpholine rings is 1. The fourth-order valence-corrected chi connectivity index (χ4v) is 4.33. The third-order valence-electron chi connectivity index (χ3n) is 6.23. The van der Waals surface area contributed by atoms with Gasteiger partial charge in [0.15, 0.2) is 0 Å². The molecule has 2 aromatic carbocycles. The number of aromatic nitrogens is 1. The maximum absolute atomic E-state index is 13.1. The number of esters is 3. The second-order valence-corrected chi connectivity index (χ2v) is 9.52. The van der Waals surface area contributed by atoms with E-state index in [9.17, 15) is 24.0 Å². The fraction of sp³-hybridized carbons (Fsp3) is 0.321. The standard InChI is InChI=1S/C28H28ClN3O8/c29-20-7-5-18(6-8-20)27(36)31-23(15-19-16-24(33)30-22-4-2-1-3-21(19)22)28(37)40-26(35)17-25(34)39-14-11-32-9-12-38-13-10-32/h1-8,16,23H,9-15,17H2,(H,30,33)(H,31,36). The van der Waals surface area contributed by atoms with Crippen molar-refractivity contribution < 1.29 is 33.4 Å². The summed E-state index contributed by atoms with van der Waals surface area (Å²) in [6.45, 7) is 3.22. The lowest BCUT2D eigenvalue weighted by Crippen LogP contribution is -2.44. The van der Waals surface area contributed by atoms with Crippen LogP contribution >= 0.6 is 11.6 Å². The molecule has 1 fully saturated rings. The highest BCUT2D eigenvalue weighted by Crippen LogP contribution is 2.17. The maximum atomic E-state index is 13.1. The number of nitrogens with one attached hydrogen (secondary N) is 2. The number of pyridine rings is 1. The highest BCUT2D eigenvalue weighted by atomic mass is 35.5. The van der Waals surface area contributed by atoms with Crippen LogP contribution in [0.15, 0.2) is 59.4 Å². The van der Waals surface area contributed by atoms with Gasteiger partial charge in [0.1, 0.15) is 19.1 Å². The SMILES string of the molecule is O=C(CC(=O)OC(=O)C(Cc1cc(=O)[nH]c2ccccc12)NC(=O)c1ccc(Cl)cc1)OCCN1CCOCC1. The molecule has 0 saturated carbocycles. The Balaban J connectivity index is 1.43. The van der Waals surface area contributed by atoms with E-state index in [1.165, 1.54) is 30.3 Å². The van der Waals surface area contributed by atoms with Crippen LogP contribution < -0.4 is 10.9 Å². The number of benzene rings is 2. The first-order valence-electron chi connectivity index (χ1n) is 12.7. The van der Waals surface area contributed by atoms with E-state index in [0.29, 0.717) is 41.2 Å². The molecule has 0 spiro atoms. The lowest BCUT2D eigenvalue weighted by molar-refractivity contribution is -0.164. The Bertz CT molecular complexity index is 1430. The first-order chi connectivity index (χ1) is 19.3. The number of carbonyl (C=O) groups is 4.